The Balaban J connectivity index is 4.70. The molecule has 0 saturated carbocycles. The molecule has 3 N–H and O–H groups in total. The van der Waals surface area contributed by atoms with E-state index in [0.29, 0.717) is 12.8 Å². The lowest BCUT2D eigenvalue weighted by Crippen LogP contribution is -2.25. The van der Waals surface area contributed by atoms with Gasteiger partial charge >= 0.3 is 31.3 Å². The minimum absolute atomic E-state index is 0.0334. The van der Waals surface area contributed by atoms with Gasteiger partial charge in [-0.05, 0) is 12.8 Å². The van der Waals surface area contributed by atoms with Crippen LogP contribution in [0, 0.1) is 0 Å². The van der Waals surface area contributed by atoms with Crippen molar-refractivity contribution in [1.82, 2.24) is 0 Å². The first kappa shape index (κ1) is 66.4. The summed E-state index contributed by atoms with van der Waals surface area (Å²) < 4.78 is 101. The minimum Gasteiger partial charge on any atom is -0.377 e. The van der Waals surface area contributed by atoms with Crippen LogP contribution in [0.2, 0.25) is 0 Å². The van der Waals surface area contributed by atoms with Crippen LogP contribution in [0.5, 0.6) is 0 Å². The summed E-state index contributed by atoms with van der Waals surface area (Å²) in [6, 6.07) is 0. The summed E-state index contributed by atoms with van der Waals surface area (Å²) in [5, 5.41) is 0. The lowest BCUT2D eigenvalue weighted by Gasteiger charge is -2.23. The molecule has 0 saturated heterocycles. The molecule has 0 aliphatic heterocycles. The monoisotopic (exact) mass is 1030 g/mol. The third kappa shape index (κ3) is 45.5. The van der Waals surface area contributed by atoms with Gasteiger partial charge in [-0.1, -0.05) is 206 Å². The molecule has 0 heterocycles. The van der Waals surface area contributed by atoms with E-state index in [9.17, 15) is 32.9 Å². The molecule has 17 nitrogen and oxygen atoms in total. The number of hydrogen-bond donors (Lipinski definition) is 3. The average molecular weight is 1030 g/mol. The van der Waals surface area contributed by atoms with E-state index in [1.54, 1.807) is 0 Å². The summed E-state index contributed by atoms with van der Waals surface area (Å²) in [5.41, 5.74) is 0. The first-order chi connectivity index (χ1) is 31.7. The SMILES string of the molecule is CCCCCCCCCCCCCCCCCCOP(=O)(O)OCC(COP(=O)(OC)OCCCCCCCCCCCCCCCCCC)OP(=O)(O)OCCOCCOP(=O)(O)OC. The normalized spacial score (nSPS) is 16.2. The molecular formula is C45H96O17P4. The molecule has 0 rings (SSSR count). The highest BCUT2D eigenvalue weighted by Gasteiger charge is 2.34. The van der Waals surface area contributed by atoms with Gasteiger partial charge in [-0.25, -0.2) is 18.3 Å². The minimum atomic E-state index is -4.88. The topological polar surface area (TPSA) is 221 Å². The summed E-state index contributed by atoms with van der Waals surface area (Å²) in [6.45, 7) is 1.91. The molecule has 398 valence electrons. The molecule has 5 atom stereocenters. The predicted octanol–water partition coefficient (Wildman–Crippen LogP) is 14.7. The van der Waals surface area contributed by atoms with E-state index in [1.807, 2.05) is 0 Å². The van der Waals surface area contributed by atoms with Crippen molar-refractivity contribution in [1.29, 1.82) is 0 Å². The van der Waals surface area contributed by atoms with Crippen molar-refractivity contribution in [3.63, 3.8) is 0 Å². The Morgan fingerprint density at radius 1 is 0.333 bits per heavy atom. The van der Waals surface area contributed by atoms with Crippen molar-refractivity contribution in [3.05, 3.63) is 0 Å². The zero-order chi connectivity index (χ0) is 48.9. The Hall–Kier alpha value is 0.400. The Bertz CT molecular complexity index is 1270. The van der Waals surface area contributed by atoms with Gasteiger partial charge in [0.1, 0.15) is 6.10 Å². The average Bonchev–Trinajstić information content (AvgIpc) is 3.29. The molecular weight excluding hydrogens is 936 g/mol. The highest BCUT2D eigenvalue weighted by Crippen LogP contribution is 2.51. The van der Waals surface area contributed by atoms with Crippen molar-refractivity contribution in [2.24, 2.45) is 0 Å². The van der Waals surface area contributed by atoms with Crippen LogP contribution in [-0.2, 0) is 63.7 Å². The van der Waals surface area contributed by atoms with E-state index in [4.69, 9.17) is 36.4 Å². The fraction of sp³-hybridized carbons (Fsp3) is 1.00. The lowest BCUT2D eigenvalue weighted by atomic mass is 10.0. The van der Waals surface area contributed by atoms with Crippen LogP contribution in [0.3, 0.4) is 0 Å². The van der Waals surface area contributed by atoms with Gasteiger partial charge in [-0.15, -0.1) is 0 Å². The van der Waals surface area contributed by atoms with Gasteiger partial charge in [0.15, 0.2) is 0 Å². The van der Waals surface area contributed by atoms with Crippen LogP contribution in [0.15, 0.2) is 0 Å². The Morgan fingerprint density at radius 2 is 0.652 bits per heavy atom. The molecule has 0 spiro atoms. The molecule has 0 aromatic rings. The number of rotatable bonds is 54. The fourth-order valence-corrected chi connectivity index (χ4v) is 10.1. The van der Waals surface area contributed by atoms with Gasteiger partial charge in [0.25, 0.3) is 0 Å². The van der Waals surface area contributed by atoms with Crippen LogP contribution in [0.4, 0.5) is 0 Å². The van der Waals surface area contributed by atoms with Crippen molar-refractivity contribution < 1.29 is 78.4 Å². The first-order valence-corrected chi connectivity index (χ1v) is 31.5. The third-order valence-corrected chi connectivity index (χ3v) is 15.5. The molecule has 66 heavy (non-hydrogen) atoms. The molecule has 0 aromatic carbocycles. The van der Waals surface area contributed by atoms with Crippen LogP contribution in [0.1, 0.15) is 219 Å². The van der Waals surface area contributed by atoms with E-state index in [2.05, 4.69) is 22.9 Å². The maximum atomic E-state index is 13.3. The second-order valence-corrected chi connectivity index (χ2v) is 23.3. The van der Waals surface area contributed by atoms with Gasteiger partial charge in [0, 0.05) is 14.2 Å². The van der Waals surface area contributed by atoms with E-state index >= 15 is 0 Å². The van der Waals surface area contributed by atoms with E-state index in [0.717, 1.165) is 59.2 Å². The summed E-state index contributed by atoms with van der Waals surface area (Å²) in [5.74, 6) is 0. The zero-order valence-electron chi connectivity index (χ0n) is 41.7. The summed E-state index contributed by atoms with van der Waals surface area (Å²) in [4.78, 5) is 30.0. The standard InChI is InChI=1S/C45H96O17P4/c1-5-7-9-11-13-15-17-19-21-23-25-27-29-31-33-35-37-56-64(48,49)60-43-45(62-65(50,51)58-42-40-55-39-41-57-63(46,47)53-3)44-61-66(52,54-4)59-38-36-34-32-30-28-26-24-22-20-18-16-14-12-10-8-6-2/h45H,5-44H2,1-4H3,(H,46,47)(H,48,49)(H,50,51). The molecule has 0 aliphatic carbocycles. The van der Waals surface area contributed by atoms with Gasteiger partial charge in [0.2, 0.25) is 0 Å². The van der Waals surface area contributed by atoms with Crippen LogP contribution in [-0.4, -0.2) is 87.9 Å². The van der Waals surface area contributed by atoms with Gasteiger partial charge < -0.3 is 19.4 Å². The first-order valence-electron chi connectivity index (χ1n) is 25.6. The molecule has 5 unspecified atom stereocenters. The predicted molar refractivity (Wildman–Crippen MR) is 262 cm³/mol. The Morgan fingerprint density at radius 3 is 1.02 bits per heavy atom. The molecule has 0 fully saturated rings. The van der Waals surface area contributed by atoms with Crippen molar-refractivity contribution in [3.8, 4) is 0 Å². The number of ether oxygens (including phenoxy) is 1. The van der Waals surface area contributed by atoms with E-state index < -0.39 is 57.2 Å². The van der Waals surface area contributed by atoms with Crippen LogP contribution >= 0.6 is 31.3 Å². The Kier molecular flexibility index (Phi) is 45.6. The summed E-state index contributed by atoms with van der Waals surface area (Å²) >= 11 is 0. The second kappa shape index (κ2) is 45.3. The highest BCUT2D eigenvalue weighted by atomic mass is 31.2. The van der Waals surface area contributed by atoms with E-state index in [-0.39, 0.29) is 33.0 Å². The summed E-state index contributed by atoms with van der Waals surface area (Å²) in [6.07, 6.45) is 36.8. The second-order valence-electron chi connectivity index (χ2n) is 17.1. The number of unbranched alkanes of at least 4 members (excludes halogenated alkanes) is 30. The number of hydrogen-bond acceptors (Lipinski definition) is 14. The fourth-order valence-electron chi connectivity index (χ4n) is 7.09. The highest BCUT2D eigenvalue weighted by molar-refractivity contribution is 7.48. The molecule has 0 radical (unpaired) electrons. The maximum absolute atomic E-state index is 13.3. The summed E-state index contributed by atoms with van der Waals surface area (Å²) in [7, 11) is -15.7. The largest absolute Gasteiger partial charge is 0.474 e. The molecule has 21 heteroatoms. The van der Waals surface area contributed by atoms with Crippen LogP contribution in [0.25, 0.3) is 0 Å². The van der Waals surface area contributed by atoms with Crippen molar-refractivity contribution >= 4 is 31.3 Å². The smallest absolute Gasteiger partial charge is 0.377 e. The number of phosphoric ester groups is 4. The maximum Gasteiger partial charge on any atom is 0.474 e. The Labute approximate surface area is 401 Å². The van der Waals surface area contributed by atoms with Crippen LogP contribution < -0.4 is 0 Å². The van der Waals surface area contributed by atoms with Crippen molar-refractivity contribution in [2.75, 3.05) is 67.1 Å². The quantitative estimate of drug-likeness (QED) is 0.0381. The van der Waals surface area contributed by atoms with Gasteiger partial charge in [0.05, 0.1) is 52.9 Å². The molecule has 0 amide bonds. The zero-order valence-corrected chi connectivity index (χ0v) is 45.3. The molecule has 0 aromatic heterocycles. The third-order valence-electron chi connectivity index (χ3n) is 11.0. The van der Waals surface area contributed by atoms with E-state index in [1.165, 1.54) is 148 Å². The van der Waals surface area contributed by atoms with Gasteiger partial charge in [-0.3, -0.25) is 40.7 Å². The van der Waals surface area contributed by atoms with Crippen molar-refractivity contribution in [2.45, 2.75) is 225 Å². The lowest BCUT2D eigenvalue weighted by molar-refractivity contribution is 0.00932. The van der Waals surface area contributed by atoms with Gasteiger partial charge in [-0.2, -0.15) is 0 Å². The molecule has 0 aliphatic rings. The molecule has 0 bridgehead atoms. The number of phosphoric acid groups is 4.